The van der Waals surface area contributed by atoms with E-state index >= 15 is 0 Å². The first-order valence-corrected chi connectivity index (χ1v) is 5.09. The third-order valence-electron chi connectivity index (χ3n) is 2.18. The lowest BCUT2D eigenvalue weighted by molar-refractivity contribution is -0.385. The van der Waals surface area contributed by atoms with E-state index in [0.717, 1.165) is 0 Å². The van der Waals surface area contributed by atoms with E-state index in [4.69, 9.17) is 0 Å². The van der Waals surface area contributed by atoms with Crippen LogP contribution < -0.4 is 5.32 Å². The summed E-state index contributed by atoms with van der Waals surface area (Å²) in [5.74, 6) is -1.12. The van der Waals surface area contributed by atoms with E-state index in [0.29, 0.717) is 11.3 Å². The monoisotopic (exact) mass is 252 g/mol. The van der Waals surface area contributed by atoms with E-state index in [1.165, 1.54) is 32.0 Å². The van der Waals surface area contributed by atoms with Crippen molar-refractivity contribution < 1.29 is 19.2 Å². The number of hydrogen-bond acceptors (Lipinski definition) is 5. The van der Waals surface area contributed by atoms with Crippen molar-refractivity contribution in [3.63, 3.8) is 0 Å². The van der Waals surface area contributed by atoms with Crippen LogP contribution in [0.1, 0.15) is 12.5 Å². The molecule has 0 aromatic heterocycles. The molecule has 1 N–H and O–H groups in total. The summed E-state index contributed by atoms with van der Waals surface area (Å²) in [6.45, 7) is 2.29. The molecule has 0 aliphatic carbocycles. The van der Waals surface area contributed by atoms with Crippen molar-refractivity contribution in [1.29, 1.82) is 0 Å². The Bertz CT molecular complexity index is 498. The van der Waals surface area contributed by atoms with Crippen molar-refractivity contribution in [2.75, 3.05) is 11.9 Å². The Morgan fingerprint density at radius 3 is 2.67 bits per heavy atom. The molecular formula is C11H12N2O5. The van der Waals surface area contributed by atoms with Gasteiger partial charge in [0.25, 0.3) is 11.6 Å². The Morgan fingerprint density at radius 1 is 1.44 bits per heavy atom. The molecule has 0 fully saturated rings. The third-order valence-corrected chi connectivity index (χ3v) is 2.18. The van der Waals surface area contributed by atoms with Crippen molar-refractivity contribution in [3.05, 3.63) is 33.9 Å². The number of nitro benzene ring substituents is 1. The fourth-order valence-electron chi connectivity index (χ4n) is 1.31. The van der Waals surface area contributed by atoms with Gasteiger partial charge in [-0.05, 0) is 13.0 Å². The highest BCUT2D eigenvalue weighted by atomic mass is 16.6. The van der Waals surface area contributed by atoms with Gasteiger partial charge in [0.05, 0.1) is 16.2 Å². The number of esters is 1. The Labute approximate surface area is 103 Å². The second-order valence-electron chi connectivity index (χ2n) is 3.54. The van der Waals surface area contributed by atoms with Crippen LogP contribution in [0.5, 0.6) is 0 Å². The molecule has 0 saturated carbocycles. The predicted octanol–water partition coefficient (Wildman–Crippen LogP) is 1.40. The first-order valence-electron chi connectivity index (χ1n) is 5.09. The van der Waals surface area contributed by atoms with E-state index in [9.17, 15) is 19.7 Å². The van der Waals surface area contributed by atoms with Gasteiger partial charge >= 0.3 is 5.97 Å². The van der Waals surface area contributed by atoms with Gasteiger partial charge in [0.2, 0.25) is 0 Å². The lowest BCUT2D eigenvalue weighted by atomic mass is 10.1. The number of nitro groups is 1. The molecule has 18 heavy (non-hydrogen) atoms. The Hall–Kier alpha value is -2.44. The summed E-state index contributed by atoms with van der Waals surface area (Å²) in [6, 6.07) is 4.34. The van der Waals surface area contributed by atoms with Crippen LogP contribution in [-0.4, -0.2) is 23.4 Å². The largest absolute Gasteiger partial charge is 0.456 e. The zero-order valence-electron chi connectivity index (χ0n) is 9.93. The molecule has 96 valence electrons. The highest BCUT2D eigenvalue weighted by molar-refractivity contribution is 5.93. The smallest absolute Gasteiger partial charge is 0.303 e. The van der Waals surface area contributed by atoms with Crippen molar-refractivity contribution in [2.24, 2.45) is 0 Å². The molecule has 7 nitrogen and oxygen atoms in total. The first kappa shape index (κ1) is 13.6. The lowest BCUT2D eigenvalue weighted by Crippen LogP contribution is -2.20. The molecule has 0 unspecified atom stereocenters. The van der Waals surface area contributed by atoms with E-state index in [2.05, 4.69) is 10.1 Å². The average molecular weight is 252 g/mol. The molecule has 1 aromatic rings. The highest BCUT2D eigenvalue weighted by Crippen LogP contribution is 2.24. The van der Waals surface area contributed by atoms with Gasteiger partial charge in [-0.3, -0.25) is 19.7 Å². The van der Waals surface area contributed by atoms with E-state index in [1.807, 2.05) is 0 Å². The van der Waals surface area contributed by atoms with E-state index < -0.39 is 23.4 Å². The second-order valence-corrected chi connectivity index (χ2v) is 3.54. The minimum atomic E-state index is -0.569. The molecule has 0 aliphatic rings. The number of anilines is 1. The molecule has 1 rings (SSSR count). The number of benzene rings is 1. The number of rotatable bonds is 4. The summed E-state index contributed by atoms with van der Waals surface area (Å²) < 4.78 is 4.51. The molecule has 0 atom stereocenters. The van der Waals surface area contributed by atoms with Gasteiger partial charge in [0, 0.05) is 13.0 Å². The van der Waals surface area contributed by atoms with Gasteiger partial charge in [-0.2, -0.15) is 0 Å². The molecular weight excluding hydrogens is 240 g/mol. The molecule has 1 aromatic carbocycles. The summed E-state index contributed by atoms with van der Waals surface area (Å²) in [6.07, 6.45) is 0. The topological polar surface area (TPSA) is 98.5 Å². The Balaban J connectivity index is 2.79. The lowest BCUT2D eigenvalue weighted by Gasteiger charge is -2.08. The van der Waals surface area contributed by atoms with Crippen LogP contribution in [0.15, 0.2) is 18.2 Å². The van der Waals surface area contributed by atoms with Crippen LogP contribution in [0.4, 0.5) is 11.4 Å². The van der Waals surface area contributed by atoms with Crippen molar-refractivity contribution in [1.82, 2.24) is 0 Å². The average Bonchev–Trinajstić information content (AvgIpc) is 2.29. The first-order chi connectivity index (χ1) is 8.41. The minimum Gasteiger partial charge on any atom is -0.456 e. The number of nitrogens with one attached hydrogen (secondary N) is 1. The summed E-state index contributed by atoms with van der Waals surface area (Å²) in [7, 11) is 0. The summed E-state index contributed by atoms with van der Waals surface area (Å²) in [5, 5.41) is 13.1. The van der Waals surface area contributed by atoms with Crippen LogP contribution in [0.25, 0.3) is 0 Å². The van der Waals surface area contributed by atoms with Gasteiger partial charge < -0.3 is 10.1 Å². The Kier molecular flexibility index (Phi) is 4.36. The molecule has 0 bridgehead atoms. The molecule has 1 amide bonds. The van der Waals surface area contributed by atoms with Crippen LogP contribution in [-0.2, 0) is 14.3 Å². The maximum Gasteiger partial charge on any atom is 0.303 e. The quantitative estimate of drug-likeness (QED) is 0.496. The molecule has 0 radical (unpaired) electrons. The zero-order valence-corrected chi connectivity index (χ0v) is 9.93. The van der Waals surface area contributed by atoms with E-state index in [1.54, 1.807) is 0 Å². The maximum absolute atomic E-state index is 11.4. The maximum atomic E-state index is 11.4. The fraction of sp³-hybridized carbons (Fsp3) is 0.273. The minimum absolute atomic E-state index is 0.0831. The number of amides is 1. The SMILES string of the molecule is CC(=O)OCC(=O)Nc1cccc([N+](=O)[O-])c1C. The van der Waals surface area contributed by atoms with Crippen molar-refractivity contribution in [2.45, 2.75) is 13.8 Å². The summed E-state index contributed by atoms with van der Waals surface area (Å²) in [4.78, 5) is 32.1. The van der Waals surface area contributed by atoms with Gasteiger partial charge in [-0.1, -0.05) is 6.07 Å². The fourth-order valence-corrected chi connectivity index (χ4v) is 1.31. The molecule has 0 aliphatic heterocycles. The van der Waals surface area contributed by atoms with Gasteiger partial charge in [-0.25, -0.2) is 0 Å². The molecule has 0 saturated heterocycles. The van der Waals surface area contributed by atoms with Gasteiger partial charge in [-0.15, -0.1) is 0 Å². The van der Waals surface area contributed by atoms with Gasteiger partial charge in [0.1, 0.15) is 0 Å². The van der Waals surface area contributed by atoms with Crippen molar-refractivity contribution >= 4 is 23.3 Å². The second kappa shape index (κ2) is 5.76. The number of hydrogen-bond donors (Lipinski definition) is 1. The number of carbonyl (C=O) groups is 2. The van der Waals surface area contributed by atoms with E-state index in [-0.39, 0.29) is 5.69 Å². The van der Waals surface area contributed by atoms with Crippen molar-refractivity contribution in [3.8, 4) is 0 Å². The standard InChI is InChI=1S/C11H12N2O5/c1-7-9(4-3-5-10(7)13(16)17)12-11(15)6-18-8(2)14/h3-5H,6H2,1-2H3,(H,12,15). The summed E-state index contributed by atoms with van der Waals surface area (Å²) in [5.41, 5.74) is 0.584. The normalized spacial score (nSPS) is 9.67. The third kappa shape index (κ3) is 3.55. The molecule has 0 spiro atoms. The highest BCUT2D eigenvalue weighted by Gasteiger charge is 2.14. The number of carbonyl (C=O) groups excluding carboxylic acids is 2. The number of ether oxygens (including phenoxy) is 1. The van der Waals surface area contributed by atoms with Crippen LogP contribution in [0.3, 0.4) is 0 Å². The van der Waals surface area contributed by atoms with Crippen LogP contribution in [0.2, 0.25) is 0 Å². The zero-order chi connectivity index (χ0) is 13.7. The van der Waals surface area contributed by atoms with Gasteiger partial charge in [0.15, 0.2) is 6.61 Å². The Morgan fingerprint density at radius 2 is 2.11 bits per heavy atom. The van der Waals surface area contributed by atoms with Crippen LogP contribution >= 0.6 is 0 Å². The summed E-state index contributed by atoms with van der Waals surface area (Å²) >= 11 is 0. The predicted molar refractivity (Wildman–Crippen MR) is 63.1 cm³/mol. The molecule has 7 heteroatoms. The number of nitrogens with zero attached hydrogens (tertiary/aromatic N) is 1. The van der Waals surface area contributed by atoms with Crippen LogP contribution in [0, 0.1) is 17.0 Å². The molecule has 0 heterocycles.